The lowest BCUT2D eigenvalue weighted by molar-refractivity contribution is 0.245. The molecule has 11 heteroatoms. The molecular formula is C26H31ClFN9. The zero-order valence-electron chi connectivity index (χ0n) is 21.4. The molecule has 9 nitrogen and oxygen atoms in total. The number of aromatic nitrogens is 4. The van der Waals surface area contributed by atoms with Gasteiger partial charge >= 0.3 is 0 Å². The molecule has 37 heavy (non-hydrogen) atoms. The van der Waals surface area contributed by atoms with E-state index in [0.29, 0.717) is 45.5 Å². The van der Waals surface area contributed by atoms with Crippen LogP contribution in [0.5, 0.6) is 0 Å². The number of halogens is 2. The van der Waals surface area contributed by atoms with Crippen LogP contribution in [-0.4, -0.2) is 83.5 Å². The van der Waals surface area contributed by atoms with Gasteiger partial charge in [-0.2, -0.15) is 10.1 Å². The number of nitrogen functional groups attached to an aromatic ring is 1. The van der Waals surface area contributed by atoms with Crippen LogP contribution >= 0.6 is 11.6 Å². The van der Waals surface area contributed by atoms with Crippen molar-refractivity contribution in [2.24, 2.45) is 0 Å². The normalized spacial score (nSPS) is 20.8. The average Bonchev–Trinajstić information content (AvgIpc) is 3.21. The Balaban J connectivity index is 1.57. The maximum Gasteiger partial charge on any atom is 0.228 e. The van der Waals surface area contributed by atoms with Crippen molar-refractivity contribution in [3.8, 4) is 11.1 Å². The molecule has 0 amide bonds. The molecule has 0 radical (unpaired) electrons. The standard InChI is InChI=1S/C26H31ClFN9/c1-13-10-37(14(2)9-30-13)25-17-8-18(27)20(16-6-5-7-19-21(16)24(29)34-33-19)22(28)23(17)31-26(32-25)36-11-15(12-36)35(3)4/h5-8,13-15,30H,9-12H2,1-4H3,(H3,29,33,34)/t13-,14+/m1/s1. The van der Waals surface area contributed by atoms with E-state index >= 15 is 4.39 Å². The molecule has 2 aliphatic rings. The lowest BCUT2D eigenvalue weighted by Crippen LogP contribution is -2.58. The summed E-state index contributed by atoms with van der Waals surface area (Å²) in [5.74, 6) is 1.06. The number of benzene rings is 2. The van der Waals surface area contributed by atoms with Crippen molar-refractivity contribution in [3.05, 3.63) is 35.1 Å². The average molecular weight is 524 g/mol. The molecule has 0 aliphatic carbocycles. The van der Waals surface area contributed by atoms with Gasteiger partial charge in [0.15, 0.2) is 11.6 Å². The number of hydrogen-bond donors (Lipinski definition) is 3. The van der Waals surface area contributed by atoms with Crippen molar-refractivity contribution < 1.29 is 4.39 Å². The third-order valence-corrected chi connectivity index (χ3v) is 7.95. The number of nitrogens with two attached hydrogens (primary N) is 1. The van der Waals surface area contributed by atoms with Crippen LogP contribution in [0.2, 0.25) is 5.02 Å². The number of fused-ring (bicyclic) bond motifs is 2. The van der Waals surface area contributed by atoms with Crippen LogP contribution < -0.4 is 20.9 Å². The van der Waals surface area contributed by atoms with Crippen molar-refractivity contribution in [1.82, 2.24) is 30.4 Å². The van der Waals surface area contributed by atoms with Gasteiger partial charge in [-0.1, -0.05) is 23.7 Å². The number of piperazine rings is 1. The summed E-state index contributed by atoms with van der Waals surface area (Å²) in [6, 6.07) is 8.14. The summed E-state index contributed by atoms with van der Waals surface area (Å²) in [6.45, 7) is 7.43. The summed E-state index contributed by atoms with van der Waals surface area (Å²) in [4.78, 5) is 16.3. The van der Waals surface area contributed by atoms with Crippen LogP contribution in [0.15, 0.2) is 24.3 Å². The highest BCUT2D eigenvalue weighted by Crippen LogP contribution is 2.42. The Morgan fingerprint density at radius 3 is 2.70 bits per heavy atom. The molecule has 2 aromatic heterocycles. The highest BCUT2D eigenvalue weighted by molar-refractivity contribution is 6.35. The van der Waals surface area contributed by atoms with Gasteiger partial charge in [0.25, 0.3) is 0 Å². The van der Waals surface area contributed by atoms with Gasteiger partial charge in [0, 0.05) is 55.3 Å². The fraction of sp³-hybridized carbons (Fsp3) is 0.423. The first-order valence-electron chi connectivity index (χ1n) is 12.6. The number of nitrogens with zero attached hydrogens (tertiary/aromatic N) is 6. The Morgan fingerprint density at radius 1 is 1.16 bits per heavy atom. The lowest BCUT2D eigenvalue weighted by atomic mass is 9.98. The number of aromatic amines is 1. The van der Waals surface area contributed by atoms with E-state index in [4.69, 9.17) is 27.3 Å². The molecule has 0 saturated carbocycles. The number of rotatable bonds is 4. The molecule has 2 aliphatic heterocycles. The van der Waals surface area contributed by atoms with Gasteiger partial charge in [0.05, 0.1) is 15.9 Å². The van der Waals surface area contributed by atoms with Gasteiger partial charge in [-0.05, 0) is 45.6 Å². The number of nitrogens with one attached hydrogen (secondary N) is 2. The molecule has 4 N–H and O–H groups in total. The van der Waals surface area contributed by atoms with Crippen LogP contribution in [0.25, 0.3) is 32.9 Å². The van der Waals surface area contributed by atoms with E-state index in [1.54, 1.807) is 6.07 Å². The molecule has 2 saturated heterocycles. The molecule has 0 bridgehead atoms. The largest absolute Gasteiger partial charge is 0.382 e. The minimum atomic E-state index is -0.485. The van der Waals surface area contributed by atoms with E-state index in [9.17, 15) is 0 Å². The quantitative estimate of drug-likeness (QED) is 0.373. The first kappa shape index (κ1) is 24.1. The second-order valence-corrected chi connectivity index (χ2v) is 10.9. The predicted octanol–water partition coefficient (Wildman–Crippen LogP) is 3.48. The highest BCUT2D eigenvalue weighted by Gasteiger charge is 2.33. The van der Waals surface area contributed by atoms with Crippen molar-refractivity contribution in [1.29, 1.82) is 0 Å². The summed E-state index contributed by atoms with van der Waals surface area (Å²) < 4.78 is 16.6. The number of hydrogen-bond acceptors (Lipinski definition) is 8. The van der Waals surface area contributed by atoms with Crippen molar-refractivity contribution >= 4 is 51.0 Å². The minimum Gasteiger partial charge on any atom is -0.382 e. The molecule has 0 spiro atoms. The molecular weight excluding hydrogens is 493 g/mol. The molecule has 194 valence electrons. The van der Waals surface area contributed by atoms with Gasteiger partial charge in [-0.15, -0.1) is 0 Å². The van der Waals surface area contributed by atoms with Crippen LogP contribution in [0, 0.1) is 5.82 Å². The summed E-state index contributed by atoms with van der Waals surface area (Å²) in [6.07, 6.45) is 0. The van der Waals surface area contributed by atoms with Crippen LogP contribution in [0.4, 0.5) is 22.0 Å². The van der Waals surface area contributed by atoms with Crippen LogP contribution in [0.3, 0.4) is 0 Å². The van der Waals surface area contributed by atoms with Gasteiger partial charge < -0.3 is 25.8 Å². The zero-order valence-corrected chi connectivity index (χ0v) is 22.1. The Labute approximate surface area is 219 Å². The van der Waals surface area contributed by atoms with Gasteiger partial charge in [-0.3, -0.25) is 5.10 Å². The maximum absolute atomic E-state index is 16.6. The predicted molar refractivity (Wildman–Crippen MR) is 148 cm³/mol. The summed E-state index contributed by atoms with van der Waals surface area (Å²) in [7, 11) is 4.13. The topological polar surface area (TPSA) is 102 Å². The molecule has 4 aromatic rings. The molecule has 4 heterocycles. The molecule has 0 unspecified atom stereocenters. The van der Waals surface area contributed by atoms with E-state index in [2.05, 4.69) is 58.2 Å². The Morgan fingerprint density at radius 2 is 1.95 bits per heavy atom. The third-order valence-electron chi connectivity index (χ3n) is 7.65. The Bertz CT molecular complexity index is 1500. The van der Waals surface area contributed by atoms with E-state index in [0.717, 1.165) is 26.2 Å². The second-order valence-electron chi connectivity index (χ2n) is 10.5. The SMILES string of the molecule is C[C@@H]1CN(c2nc(N3CC(N(C)C)C3)nc3c(F)c(-c4cccc5[nH]nc(N)c45)c(Cl)cc23)[C@@H](C)CN1. The molecule has 2 aromatic carbocycles. The van der Waals surface area contributed by atoms with Crippen LogP contribution in [0.1, 0.15) is 13.8 Å². The fourth-order valence-electron chi connectivity index (χ4n) is 5.34. The van der Waals surface area contributed by atoms with E-state index < -0.39 is 5.82 Å². The number of H-pyrrole nitrogens is 1. The van der Waals surface area contributed by atoms with Crippen molar-refractivity contribution in [2.75, 3.05) is 55.8 Å². The minimum absolute atomic E-state index is 0.175. The second kappa shape index (κ2) is 8.97. The van der Waals surface area contributed by atoms with Gasteiger partial charge in [0.1, 0.15) is 11.3 Å². The Hall–Kier alpha value is -3.21. The summed E-state index contributed by atoms with van der Waals surface area (Å²) in [5.41, 5.74) is 7.96. The Kier molecular flexibility index (Phi) is 5.85. The fourth-order valence-corrected chi connectivity index (χ4v) is 5.64. The summed E-state index contributed by atoms with van der Waals surface area (Å²) in [5, 5.41) is 12.0. The molecule has 2 fully saturated rings. The van der Waals surface area contributed by atoms with Gasteiger partial charge in [0.2, 0.25) is 5.95 Å². The first-order chi connectivity index (χ1) is 17.7. The maximum atomic E-state index is 16.6. The van der Waals surface area contributed by atoms with Gasteiger partial charge in [-0.25, -0.2) is 9.37 Å². The van der Waals surface area contributed by atoms with E-state index in [1.807, 2.05) is 18.2 Å². The zero-order chi connectivity index (χ0) is 26.0. The molecule has 6 rings (SSSR count). The third kappa shape index (κ3) is 3.94. The first-order valence-corrected chi connectivity index (χ1v) is 12.9. The number of anilines is 3. The van der Waals surface area contributed by atoms with Crippen LogP contribution in [-0.2, 0) is 0 Å². The summed E-state index contributed by atoms with van der Waals surface area (Å²) >= 11 is 6.82. The highest BCUT2D eigenvalue weighted by atomic mass is 35.5. The monoisotopic (exact) mass is 523 g/mol. The smallest absolute Gasteiger partial charge is 0.228 e. The number of likely N-dealkylation sites (N-methyl/N-ethyl adjacent to an activating group) is 1. The van der Waals surface area contributed by atoms with E-state index in [1.165, 1.54) is 0 Å². The van der Waals surface area contributed by atoms with E-state index in [-0.39, 0.29) is 28.2 Å². The molecule has 2 atom stereocenters. The lowest BCUT2D eigenvalue weighted by Gasteiger charge is -2.43. The van der Waals surface area contributed by atoms with Crippen molar-refractivity contribution in [2.45, 2.75) is 32.0 Å². The van der Waals surface area contributed by atoms with Crippen molar-refractivity contribution in [3.63, 3.8) is 0 Å².